The lowest BCUT2D eigenvalue weighted by Gasteiger charge is -2.07. The normalized spacial score (nSPS) is 14.5. The van der Waals surface area contributed by atoms with Gasteiger partial charge >= 0.3 is 0 Å². The summed E-state index contributed by atoms with van der Waals surface area (Å²) in [5, 5.41) is 1.13. The van der Waals surface area contributed by atoms with Crippen molar-refractivity contribution in [2.24, 2.45) is 0 Å². The zero-order chi connectivity index (χ0) is 11.4. The molecule has 0 N–H and O–H groups in total. The van der Waals surface area contributed by atoms with Gasteiger partial charge in [-0.2, -0.15) is 0 Å². The zero-order valence-electron chi connectivity index (χ0n) is 9.94. The third kappa shape index (κ3) is 4.25. The van der Waals surface area contributed by atoms with E-state index in [4.69, 9.17) is 0 Å². The van der Waals surface area contributed by atoms with E-state index in [0.717, 1.165) is 23.7 Å². The minimum absolute atomic E-state index is 0. The number of allylic oxidation sites excluding steroid dienone is 4. The predicted molar refractivity (Wildman–Crippen MR) is 76.3 cm³/mol. The second kappa shape index (κ2) is 6.92. The van der Waals surface area contributed by atoms with Crippen LogP contribution in [0.15, 0.2) is 48.1 Å². The molecule has 1 aliphatic rings. The monoisotopic (exact) mass is 257 g/mol. The fourth-order valence-corrected chi connectivity index (χ4v) is 2.60. The van der Waals surface area contributed by atoms with Crippen molar-refractivity contribution in [1.29, 1.82) is 0 Å². The third-order valence-corrected chi connectivity index (χ3v) is 3.79. The summed E-state index contributed by atoms with van der Waals surface area (Å²) in [7, 11) is 0.264. The molecule has 1 unspecified atom stereocenters. The summed E-state index contributed by atoms with van der Waals surface area (Å²) in [6.45, 7) is 2.06. The highest BCUT2D eigenvalue weighted by atomic mass is 31.1. The lowest BCUT2D eigenvalue weighted by atomic mass is 10.1. The molecular formula is C14H15AlOP. The van der Waals surface area contributed by atoms with Crippen molar-refractivity contribution >= 4 is 36.8 Å². The average molecular weight is 257 g/mol. The van der Waals surface area contributed by atoms with Crippen molar-refractivity contribution in [3.63, 3.8) is 0 Å². The smallest absolute Gasteiger partial charge is 0.181 e. The van der Waals surface area contributed by atoms with Crippen molar-refractivity contribution in [3.8, 4) is 0 Å². The van der Waals surface area contributed by atoms with Crippen LogP contribution in [0.2, 0.25) is 0 Å². The summed E-state index contributed by atoms with van der Waals surface area (Å²) in [5.74, 6) is 0. The fourth-order valence-electron chi connectivity index (χ4n) is 1.64. The van der Waals surface area contributed by atoms with E-state index in [2.05, 4.69) is 25.1 Å². The number of hydrogen-bond acceptors (Lipinski definition) is 1. The Balaban J connectivity index is 0.00000144. The quantitative estimate of drug-likeness (QED) is 0.601. The van der Waals surface area contributed by atoms with Crippen LogP contribution in [0.25, 0.3) is 0 Å². The van der Waals surface area contributed by atoms with E-state index in [-0.39, 0.29) is 31.5 Å². The highest BCUT2D eigenvalue weighted by molar-refractivity contribution is 7.66. The van der Waals surface area contributed by atoms with Gasteiger partial charge in [0.05, 0.1) is 0 Å². The maximum atomic E-state index is 12.0. The third-order valence-electron chi connectivity index (χ3n) is 2.61. The molecule has 1 atom stereocenters. The summed E-state index contributed by atoms with van der Waals surface area (Å²) in [6.07, 6.45) is 7.93. The maximum absolute atomic E-state index is 12.0. The highest BCUT2D eigenvalue weighted by Crippen LogP contribution is 2.23. The molecule has 1 aliphatic carbocycles. The second-order valence-corrected chi connectivity index (χ2v) is 5.26. The summed E-state index contributed by atoms with van der Waals surface area (Å²) in [4.78, 5) is 12.0. The van der Waals surface area contributed by atoms with Crippen LogP contribution in [0.5, 0.6) is 0 Å². The Labute approximate surface area is 115 Å². The Hall–Kier alpha value is -0.668. The van der Waals surface area contributed by atoms with Gasteiger partial charge in [0, 0.05) is 17.4 Å². The van der Waals surface area contributed by atoms with E-state index in [9.17, 15) is 4.79 Å². The molecule has 0 heterocycles. The molecule has 3 heteroatoms. The maximum Gasteiger partial charge on any atom is 0.181 e. The van der Waals surface area contributed by atoms with Crippen LogP contribution < -0.4 is 5.30 Å². The summed E-state index contributed by atoms with van der Waals surface area (Å²) < 4.78 is 0. The number of aryl methyl sites for hydroxylation is 1. The van der Waals surface area contributed by atoms with Crippen molar-refractivity contribution < 1.29 is 4.79 Å². The highest BCUT2D eigenvalue weighted by Gasteiger charge is 2.10. The van der Waals surface area contributed by atoms with E-state index in [1.54, 1.807) is 0 Å². The molecule has 3 radical (unpaired) electrons. The Morgan fingerprint density at radius 2 is 1.94 bits per heavy atom. The van der Waals surface area contributed by atoms with Gasteiger partial charge in [-0.1, -0.05) is 48.1 Å². The first kappa shape index (κ1) is 14.4. The molecule has 0 bridgehead atoms. The molecule has 1 aromatic rings. The number of carbonyl (C=O) groups is 1. The van der Waals surface area contributed by atoms with Gasteiger partial charge in [-0.05, 0) is 39.2 Å². The second-order valence-electron chi connectivity index (χ2n) is 3.98. The fraction of sp³-hybridized carbons (Fsp3) is 0.214. The molecule has 0 fully saturated rings. The van der Waals surface area contributed by atoms with E-state index in [1.165, 1.54) is 5.56 Å². The number of carbonyl (C=O) groups excluding carboxylic acids is 1. The summed E-state index contributed by atoms with van der Waals surface area (Å²) >= 11 is 0. The first-order chi connectivity index (χ1) is 7.75. The lowest BCUT2D eigenvalue weighted by Crippen LogP contribution is -2.04. The van der Waals surface area contributed by atoms with Gasteiger partial charge in [-0.3, -0.25) is 4.79 Å². The SMILES string of the molecule is Cc1ccc(PC(=O)C2=CC=CCC2)cc1.[Al]. The molecule has 85 valence electrons. The molecule has 2 rings (SSSR count). The molecule has 0 saturated heterocycles. The van der Waals surface area contributed by atoms with Crippen LogP contribution in [0.4, 0.5) is 0 Å². The van der Waals surface area contributed by atoms with Crippen molar-refractivity contribution in [1.82, 2.24) is 0 Å². The van der Waals surface area contributed by atoms with E-state index < -0.39 is 0 Å². The average Bonchev–Trinajstić information content (AvgIpc) is 2.33. The van der Waals surface area contributed by atoms with Gasteiger partial charge < -0.3 is 0 Å². The van der Waals surface area contributed by atoms with Gasteiger partial charge in [-0.15, -0.1) is 0 Å². The van der Waals surface area contributed by atoms with E-state index in [0.29, 0.717) is 0 Å². The van der Waals surface area contributed by atoms with Crippen molar-refractivity contribution in [2.45, 2.75) is 19.8 Å². The van der Waals surface area contributed by atoms with Gasteiger partial charge in [-0.25, -0.2) is 0 Å². The van der Waals surface area contributed by atoms with E-state index in [1.807, 2.05) is 24.3 Å². The topological polar surface area (TPSA) is 17.1 Å². The molecule has 0 aliphatic heterocycles. The first-order valence-corrected chi connectivity index (χ1v) is 6.49. The Bertz CT molecular complexity index is 446. The van der Waals surface area contributed by atoms with Crippen LogP contribution in [0.3, 0.4) is 0 Å². The first-order valence-electron chi connectivity index (χ1n) is 5.49. The number of hydrogen-bond donors (Lipinski definition) is 0. The van der Waals surface area contributed by atoms with E-state index >= 15 is 0 Å². The van der Waals surface area contributed by atoms with Crippen LogP contribution in [-0.4, -0.2) is 22.9 Å². The molecular weight excluding hydrogens is 242 g/mol. The van der Waals surface area contributed by atoms with Gasteiger partial charge in [0.2, 0.25) is 0 Å². The van der Waals surface area contributed by atoms with Crippen LogP contribution in [-0.2, 0) is 4.79 Å². The largest absolute Gasteiger partial charge is 0.289 e. The predicted octanol–water partition coefficient (Wildman–Crippen LogP) is 2.72. The summed E-state index contributed by atoms with van der Waals surface area (Å²) in [6, 6.07) is 8.21. The van der Waals surface area contributed by atoms with Crippen LogP contribution >= 0.6 is 8.58 Å². The van der Waals surface area contributed by atoms with Crippen LogP contribution in [0, 0.1) is 6.92 Å². The van der Waals surface area contributed by atoms with Gasteiger partial charge in [0.15, 0.2) is 5.52 Å². The molecule has 1 nitrogen and oxygen atoms in total. The minimum Gasteiger partial charge on any atom is -0.289 e. The van der Waals surface area contributed by atoms with Crippen molar-refractivity contribution in [3.05, 3.63) is 53.6 Å². The minimum atomic E-state index is 0. The Kier molecular flexibility index (Phi) is 5.86. The Morgan fingerprint density at radius 1 is 1.24 bits per heavy atom. The number of rotatable bonds is 3. The molecule has 0 aromatic heterocycles. The molecule has 0 amide bonds. The van der Waals surface area contributed by atoms with Crippen molar-refractivity contribution in [2.75, 3.05) is 0 Å². The molecule has 0 saturated carbocycles. The van der Waals surface area contributed by atoms with Gasteiger partial charge in [0.1, 0.15) is 0 Å². The summed E-state index contributed by atoms with van der Waals surface area (Å²) in [5.41, 5.74) is 2.50. The molecule has 17 heavy (non-hydrogen) atoms. The molecule has 0 spiro atoms. The van der Waals surface area contributed by atoms with Crippen LogP contribution in [0.1, 0.15) is 18.4 Å². The standard InChI is InChI=1S/C14H15OP.Al/c1-11-7-9-13(10-8-11)16-14(15)12-5-3-2-4-6-12;/h2-3,5,7-10,16H,4,6H2,1H3;. The zero-order valence-corrected chi connectivity index (χ0v) is 12.1. The van der Waals surface area contributed by atoms with Gasteiger partial charge in [0.25, 0.3) is 0 Å². The Morgan fingerprint density at radius 3 is 2.53 bits per heavy atom. The molecule has 1 aromatic carbocycles. The lowest BCUT2D eigenvalue weighted by molar-refractivity contribution is -0.108. The number of benzene rings is 1.